The van der Waals surface area contributed by atoms with Crippen molar-refractivity contribution in [3.05, 3.63) is 0 Å². The third kappa shape index (κ3) is 3.67. The van der Waals surface area contributed by atoms with E-state index in [1.807, 2.05) is 0 Å². The van der Waals surface area contributed by atoms with Crippen LogP contribution in [-0.2, 0) is 0 Å². The normalized spacial score (nSPS) is 37.9. The molecular formula is C14H29N3. The predicted octanol–water partition coefficient (Wildman–Crippen LogP) is 1.40. The van der Waals surface area contributed by atoms with Crippen molar-refractivity contribution < 1.29 is 0 Å². The molecule has 0 aromatic carbocycles. The SMILES string of the molecule is CC1CN(C)CCCN1CC1(C)CCCNC1. The minimum Gasteiger partial charge on any atom is -0.316 e. The Bertz CT molecular complexity index is 236. The summed E-state index contributed by atoms with van der Waals surface area (Å²) in [4.78, 5) is 5.20. The van der Waals surface area contributed by atoms with E-state index in [1.54, 1.807) is 0 Å². The van der Waals surface area contributed by atoms with Crippen LogP contribution in [0.3, 0.4) is 0 Å². The number of piperidine rings is 1. The van der Waals surface area contributed by atoms with Crippen LogP contribution < -0.4 is 5.32 Å². The lowest BCUT2D eigenvalue weighted by atomic mass is 9.82. The number of nitrogens with zero attached hydrogens (tertiary/aromatic N) is 2. The van der Waals surface area contributed by atoms with E-state index in [0.29, 0.717) is 11.5 Å². The molecule has 2 aliphatic heterocycles. The Kier molecular flexibility index (Phi) is 4.45. The summed E-state index contributed by atoms with van der Waals surface area (Å²) in [6.45, 7) is 12.3. The second-order valence-corrected chi connectivity index (χ2v) is 6.53. The fraction of sp³-hybridized carbons (Fsp3) is 1.00. The lowest BCUT2D eigenvalue weighted by molar-refractivity contribution is 0.104. The van der Waals surface area contributed by atoms with Crippen molar-refractivity contribution in [3.63, 3.8) is 0 Å². The highest BCUT2D eigenvalue weighted by Crippen LogP contribution is 2.28. The molecule has 2 rings (SSSR count). The number of hydrogen-bond acceptors (Lipinski definition) is 3. The Labute approximate surface area is 107 Å². The minimum absolute atomic E-state index is 0.495. The Morgan fingerprint density at radius 1 is 1.29 bits per heavy atom. The molecule has 2 fully saturated rings. The van der Waals surface area contributed by atoms with Crippen molar-refractivity contribution in [3.8, 4) is 0 Å². The van der Waals surface area contributed by atoms with Crippen molar-refractivity contribution >= 4 is 0 Å². The second-order valence-electron chi connectivity index (χ2n) is 6.53. The first-order valence-electron chi connectivity index (χ1n) is 7.22. The van der Waals surface area contributed by atoms with E-state index in [1.165, 1.54) is 58.5 Å². The summed E-state index contributed by atoms with van der Waals surface area (Å²) in [5, 5.41) is 3.57. The van der Waals surface area contributed by atoms with Gasteiger partial charge in [-0.3, -0.25) is 4.90 Å². The average molecular weight is 239 g/mol. The van der Waals surface area contributed by atoms with Gasteiger partial charge in [-0.1, -0.05) is 6.92 Å². The van der Waals surface area contributed by atoms with Crippen molar-refractivity contribution in [1.29, 1.82) is 0 Å². The summed E-state index contributed by atoms with van der Waals surface area (Å²) >= 11 is 0. The quantitative estimate of drug-likeness (QED) is 0.786. The summed E-state index contributed by atoms with van der Waals surface area (Å²) in [5.74, 6) is 0. The zero-order valence-corrected chi connectivity index (χ0v) is 11.8. The summed E-state index contributed by atoms with van der Waals surface area (Å²) in [6.07, 6.45) is 4.06. The van der Waals surface area contributed by atoms with E-state index in [2.05, 4.69) is 36.0 Å². The number of hydrogen-bond donors (Lipinski definition) is 1. The predicted molar refractivity (Wildman–Crippen MR) is 73.4 cm³/mol. The molecule has 2 atom stereocenters. The molecule has 100 valence electrons. The standard InChI is InChI=1S/C14H29N3/c1-13-10-16(3)8-5-9-17(13)12-14(2)6-4-7-15-11-14/h13,15H,4-12H2,1-3H3. The van der Waals surface area contributed by atoms with E-state index in [-0.39, 0.29) is 0 Å². The monoisotopic (exact) mass is 239 g/mol. The summed E-state index contributed by atoms with van der Waals surface area (Å²) < 4.78 is 0. The Morgan fingerprint density at radius 3 is 2.82 bits per heavy atom. The number of likely N-dealkylation sites (N-methyl/N-ethyl adjacent to an activating group) is 1. The van der Waals surface area contributed by atoms with Crippen LogP contribution in [0.2, 0.25) is 0 Å². The van der Waals surface area contributed by atoms with Crippen LogP contribution in [0, 0.1) is 5.41 Å². The maximum Gasteiger partial charge on any atom is 0.0195 e. The van der Waals surface area contributed by atoms with Gasteiger partial charge in [0.05, 0.1) is 0 Å². The molecule has 0 spiro atoms. The first-order valence-corrected chi connectivity index (χ1v) is 7.22. The van der Waals surface area contributed by atoms with Crippen molar-refractivity contribution in [1.82, 2.24) is 15.1 Å². The highest BCUT2D eigenvalue weighted by atomic mass is 15.2. The van der Waals surface area contributed by atoms with Gasteiger partial charge >= 0.3 is 0 Å². The zero-order valence-electron chi connectivity index (χ0n) is 11.8. The first-order chi connectivity index (χ1) is 8.09. The third-order valence-corrected chi connectivity index (χ3v) is 4.45. The average Bonchev–Trinajstić information content (AvgIpc) is 2.42. The smallest absolute Gasteiger partial charge is 0.0195 e. The molecule has 2 unspecified atom stereocenters. The van der Waals surface area contributed by atoms with Gasteiger partial charge in [0.1, 0.15) is 0 Å². The van der Waals surface area contributed by atoms with Gasteiger partial charge < -0.3 is 10.2 Å². The molecule has 0 aliphatic carbocycles. The highest BCUT2D eigenvalue weighted by molar-refractivity contribution is 4.87. The van der Waals surface area contributed by atoms with Gasteiger partial charge in [0.2, 0.25) is 0 Å². The summed E-state index contributed by atoms with van der Waals surface area (Å²) in [7, 11) is 2.25. The second kappa shape index (κ2) is 5.68. The van der Waals surface area contributed by atoms with Gasteiger partial charge in [-0.2, -0.15) is 0 Å². The molecule has 3 heteroatoms. The van der Waals surface area contributed by atoms with E-state index in [4.69, 9.17) is 0 Å². The Hall–Kier alpha value is -0.120. The van der Waals surface area contributed by atoms with Gasteiger partial charge in [-0.25, -0.2) is 0 Å². The van der Waals surface area contributed by atoms with Crippen LogP contribution >= 0.6 is 0 Å². The van der Waals surface area contributed by atoms with E-state index < -0.39 is 0 Å². The van der Waals surface area contributed by atoms with E-state index in [0.717, 1.165) is 0 Å². The largest absolute Gasteiger partial charge is 0.316 e. The van der Waals surface area contributed by atoms with Crippen LogP contribution in [0.4, 0.5) is 0 Å². The van der Waals surface area contributed by atoms with Crippen LogP contribution in [0.15, 0.2) is 0 Å². The summed E-state index contributed by atoms with van der Waals surface area (Å²) in [6, 6.07) is 0.709. The molecule has 17 heavy (non-hydrogen) atoms. The lowest BCUT2D eigenvalue weighted by Gasteiger charge is -2.40. The molecule has 3 nitrogen and oxygen atoms in total. The molecule has 0 radical (unpaired) electrons. The van der Waals surface area contributed by atoms with Crippen LogP contribution in [0.25, 0.3) is 0 Å². The topological polar surface area (TPSA) is 18.5 Å². The third-order valence-electron chi connectivity index (χ3n) is 4.45. The Balaban J connectivity index is 1.92. The van der Waals surface area contributed by atoms with Crippen molar-refractivity contribution in [2.24, 2.45) is 5.41 Å². The van der Waals surface area contributed by atoms with Crippen LogP contribution in [0.5, 0.6) is 0 Å². The molecule has 0 saturated carbocycles. The summed E-state index contributed by atoms with van der Waals surface area (Å²) in [5.41, 5.74) is 0.495. The van der Waals surface area contributed by atoms with Crippen LogP contribution in [-0.4, -0.2) is 62.2 Å². The fourth-order valence-electron chi connectivity index (χ4n) is 3.40. The maximum atomic E-state index is 3.57. The molecule has 2 saturated heterocycles. The zero-order chi connectivity index (χ0) is 12.3. The molecule has 2 heterocycles. The number of rotatable bonds is 2. The lowest BCUT2D eigenvalue weighted by Crippen LogP contribution is -2.49. The van der Waals surface area contributed by atoms with Crippen molar-refractivity contribution in [2.45, 2.75) is 39.2 Å². The van der Waals surface area contributed by atoms with Crippen molar-refractivity contribution in [2.75, 3.05) is 46.3 Å². The molecule has 0 aromatic heterocycles. The number of nitrogens with one attached hydrogen (secondary N) is 1. The molecule has 0 bridgehead atoms. The van der Waals surface area contributed by atoms with Gasteiger partial charge in [-0.15, -0.1) is 0 Å². The van der Waals surface area contributed by atoms with Gasteiger partial charge in [-0.05, 0) is 58.3 Å². The van der Waals surface area contributed by atoms with Crippen LogP contribution in [0.1, 0.15) is 33.1 Å². The molecule has 0 amide bonds. The highest BCUT2D eigenvalue weighted by Gasteiger charge is 2.31. The molecule has 0 aromatic rings. The van der Waals surface area contributed by atoms with E-state index >= 15 is 0 Å². The molecule has 1 N–H and O–H groups in total. The molecular weight excluding hydrogens is 210 g/mol. The maximum absolute atomic E-state index is 3.57. The fourth-order valence-corrected chi connectivity index (χ4v) is 3.40. The first kappa shape index (κ1) is 13.3. The van der Waals surface area contributed by atoms with Gasteiger partial charge in [0.25, 0.3) is 0 Å². The Morgan fingerprint density at radius 2 is 2.12 bits per heavy atom. The molecule has 2 aliphatic rings. The minimum atomic E-state index is 0.495. The van der Waals surface area contributed by atoms with E-state index in [9.17, 15) is 0 Å². The van der Waals surface area contributed by atoms with Gasteiger partial charge in [0.15, 0.2) is 0 Å². The van der Waals surface area contributed by atoms with Gasteiger partial charge in [0, 0.05) is 25.7 Å².